The van der Waals surface area contributed by atoms with E-state index in [0.717, 1.165) is 16.3 Å². The van der Waals surface area contributed by atoms with Gasteiger partial charge in [-0.2, -0.15) is 0 Å². The van der Waals surface area contributed by atoms with Gasteiger partial charge in [0.15, 0.2) is 10.9 Å². The molecule has 126 valence electrons. The average molecular weight is 369 g/mol. The lowest BCUT2D eigenvalue weighted by Crippen LogP contribution is -2.07. The number of aryl methyl sites for hydroxylation is 1. The van der Waals surface area contributed by atoms with Crippen LogP contribution in [-0.4, -0.2) is 21.7 Å². The Morgan fingerprint density at radius 3 is 2.56 bits per heavy atom. The number of anilines is 1. The molecule has 0 aliphatic heterocycles. The maximum Gasteiger partial charge on any atom is 0.250 e. The molecule has 0 aliphatic carbocycles. The molecule has 3 aromatic rings. The fourth-order valence-corrected chi connectivity index (χ4v) is 3.64. The lowest BCUT2D eigenvalue weighted by atomic mass is 10.1. The van der Waals surface area contributed by atoms with Crippen LogP contribution in [0.2, 0.25) is 0 Å². The molecule has 3 rings (SSSR count). The minimum absolute atomic E-state index is 0.0784. The Morgan fingerprint density at radius 1 is 1.16 bits per heavy atom. The van der Waals surface area contributed by atoms with Gasteiger partial charge in [-0.3, -0.25) is 14.9 Å². The predicted octanol–water partition coefficient (Wildman–Crippen LogP) is 4.43. The lowest BCUT2D eigenvalue weighted by molar-refractivity contribution is -0.111. The van der Waals surface area contributed by atoms with Gasteiger partial charge < -0.3 is 0 Å². The van der Waals surface area contributed by atoms with Crippen molar-refractivity contribution >= 4 is 45.6 Å². The quantitative estimate of drug-likeness (QED) is 0.533. The normalized spacial score (nSPS) is 11.0. The third-order valence-electron chi connectivity index (χ3n) is 3.27. The second-order valence-corrected chi connectivity index (χ2v) is 7.29. The number of carbonyl (C=O) groups is 2. The third kappa shape index (κ3) is 4.26. The van der Waals surface area contributed by atoms with E-state index in [1.165, 1.54) is 35.7 Å². The summed E-state index contributed by atoms with van der Waals surface area (Å²) >= 11 is 2.70. The predicted molar refractivity (Wildman–Crippen MR) is 102 cm³/mol. The van der Waals surface area contributed by atoms with Gasteiger partial charge >= 0.3 is 0 Å². The van der Waals surface area contributed by atoms with E-state index in [1.807, 2.05) is 42.6 Å². The molecule has 2 aromatic heterocycles. The molecule has 0 saturated carbocycles. The van der Waals surface area contributed by atoms with E-state index in [0.29, 0.717) is 15.7 Å². The van der Waals surface area contributed by atoms with Crippen LogP contribution in [0, 0.1) is 6.92 Å². The van der Waals surface area contributed by atoms with Crippen LogP contribution in [-0.2, 0) is 4.79 Å². The number of thiazole rings is 2. The average Bonchev–Trinajstić information content (AvgIpc) is 3.20. The van der Waals surface area contributed by atoms with Crippen molar-refractivity contribution < 1.29 is 9.59 Å². The van der Waals surface area contributed by atoms with Gasteiger partial charge in [0.05, 0.1) is 21.3 Å². The van der Waals surface area contributed by atoms with Crippen LogP contribution in [0.4, 0.5) is 5.13 Å². The van der Waals surface area contributed by atoms with E-state index in [2.05, 4.69) is 15.3 Å². The summed E-state index contributed by atoms with van der Waals surface area (Å²) in [6.07, 6.45) is 3.06. The number of hydrogen-bond acceptors (Lipinski definition) is 6. The van der Waals surface area contributed by atoms with Crippen molar-refractivity contribution in [2.45, 2.75) is 13.8 Å². The summed E-state index contributed by atoms with van der Waals surface area (Å²) in [5.74, 6) is -0.389. The molecule has 1 N–H and O–H groups in total. The summed E-state index contributed by atoms with van der Waals surface area (Å²) in [5, 5.41) is 5.93. The smallest absolute Gasteiger partial charge is 0.250 e. The highest BCUT2D eigenvalue weighted by Crippen LogP contribution is 2.31. The molecular formula is C18H15N3O2S2. The zero-order valence-electron chi connectivity index (χ0n) is 13.6. The van der Waals surface area contributed by atoms with Crippen LogP contribution in [0.1, 0.15) is 27.3 Å². The van der Waals surface area contributed by atoms with Crippen LogP contribution in [0.15, 0.2) is 41.8 Å². The van der Waals surface area contributed by atoms with Crippen molar-refractivity contribution in [3.63, 3.8) is 0 Å². The number of benzene rings is 1. The van der Waals surface area contributed by atoms with Crippen molar-refractivity contribution in [1.29, 1.82) is 0 Å². The highest BCUT2D eigenvalue weighted by atomic mass is 32.1. The zero-order valence-corrected chi connectivity index (χ0v) is 15.3. The minimum atomic E-state index is -0.311. The van der Waals surface area contributed by atoms with E-state index in [9.17, 15) is 9.59 Å². The van der Waals surface area contributed by atoms with Gasteiger partial charge in [0.2, 0.25) is 5.91 Å². The molecule has 0 spiro atoms. The molecule has 7 heteroatoms. The zero-order chi connectivity index (χ0) is 17.8. The number of carbonyl (C=O) groups excluding carboxylic acids is 2. The largest absolute Gasteiger partial charge is 0.298 e. The number of ketones is 1. The summed E-state index contributed by atoms with van der Waals surface area (Å²) in [4.78, 5) is 33.2. The summed E-state index contributed by atoms with van der Waals surface area (Å²) in [5.41, 5.74) is 2.18. The second-order valence-electron chi connectivity index (χ2n) is 5.23. The molecule has 1 aromatic carbocycles. The maximum atomic E-state index is 12.1. The molecule has 0 atom stereocenters. The Bertz CT molecular complexity index is 942. The van der Waals surface area contributed by atoms with Crippen LogP contribution >= 0.6 is 22.7 Å². The number of nitrogens with one attached hydrogen (secondary N) is 1. The molecule has 5 nitrogen and oxygen atoms in total. The number of hydrogen-bond donors (Lipinski definition) is 1. The van der Waals surface area contributed by atoms with Gasteiger partial charge in [0.1, 0.15) is 0 Å². The maximum absolute atomic E-state index is 12.1. The van der Waals surface area contributed by atoms with Gasteiger partial charge in [-0.05, 0) is 13.0 Å². The SMILES string of the molecule is CC(=O)c1sc(NC(=O)/C=C/c2csc(C)n2)nc1-c1ccccc1. The monoisotopic (exact) mass is 369 g/mol. The van der Waals surface area contributed by atoms with Crippen LogP contribution in [0.3, 0.4) is 0 Å². The van der Waals surface area contributed by atoms with Crippen LogP contribution in [0.25, 0.3) is 17.3 Å². The Morgan fingerprint density at radius 2 is 1.92 bits per heavy atom. The van der Waals surface area contributed by atoms with E-state index in [1.54, 1.807) is 6.08 Å². The third-order valence-corrected chi connectivity index (χ3v) is 5.13. The first kappa shape index (κ1) is 17.2. The molecule has 0 saturated heterocycles. The Kier molecular flexibility index (Phi) is 5.16. The molecular weight excluding hydrogens is 354 g/mol. The lowest BCUT2D eigenvalue weighted by Gasteiger charge is -1.98. The molecule has 0 aliphatic rings. The molecule has 25 heavy (non-hydrogen) atoms. The number of Topliss-reactive ketones (excluding diaryl/α,β-unsaturated/α-hetero) is 1. The summed E-state index contributed by atoms with van der Waals surface area (Å²) in [6.45, 7) is 3.40. The molecule has 2 heterocycles. The van der Waals surface area contributed by atoms with Gasteiger partial charge in [0, 0.05) is 23.9 Å². The van der Waals surface area contributed by atoms with Gasteiger partial charge in [-0.1, -0.05) is 41.7 Å². The molecule has 0 fully saturated rings. The molecule has 0 unspecified atom stereocenters. The minimum Gasteiger partial charge on any atom is -0.298 e. The molecule has 0 bridgehead atoms. The van der Waals surface area contributed by atoms with Gasteiger partial charge in [-0.15, -0.1) is 11.3 Å². The first-order valence-corrected chi connectivity index (χ1v) is 9.21. The van der Waals surface area contributed by atoms with Crippen molar-refractivity contribution in [1.82, 2.24) is 9.97 Å². The standard InChI is InChI=1S/C18H15N3O2S2/c1-11(22)17-16(13-6-4-3-5-7-13)21-18(25-17)20-15(23)9-8-14-10-24-12(2)19-14/h3-10H,1-2H3,(H,20,21,23)/b9-8+. The summed E-state index contributed by atoms with van der Waals surface area (Å²) in [6, 6.07) is 9.44. The van der Waals surface area contributed by atoms with Gasteiger partial charge in [0.25, 0.3) is 0 Å². The van der Waals surface area contributed by atoms with Crippen LogP contribution < -0.4 is 5.32 Å². The summed E-state index contributed by atoms with van der Waals surface area (Å²) < 4.78 is 0. The van der Waals surface area contributed by atoms with Gasteiger partial charge in [-0.25, -0.2) is 9.97 Å². The fraction of sp³-hybridized carbons (Fsp3) is 0.111. The topological polar surface area (TPSA) is 72.0 Å². The Labute approximate surface area is 153 Å². The van der Waals surface area contributed by atoms with Crippen molar-refractivity contribution in [3.8, 4) is 11.3 Å². The number of aromatic nitrogens is 2. The van der Waals surface area contributed by atoms with Crippen LogP contribution in [0.5, 0.6) is 0 Å². The van der Waals surface area contributed by atoms with E-state index in [4.69, 9.17) is 0 Å². The second kappa shape index (κ2) is 7.50. The highest BCUT2D eigenvalue weighted by molar-refractivity contribution is 7.18. The number of rotatable bonds is 5. The van der Waals surface area contributed by atoms with E-state index in [-0.39, 0.29) is 11.7 Å². The first-order valence-electron chi connectivity index (χ1n) is 7.51. The van der Waals surface area contributed by atoms with Crippen molar-refractivity contribution in [2.75, 3.05) is 5.32 Å². The van der Waals surface area contributed by atoms with E-state index >= 15 is 0 Å². The first-order chi connectivity index (χ1) is 12.0. The Hall–Kier alpha value is -2.64. The highest BCUT2D eigenvalue weighted by Gasteiger charge is 2.17. The fourth-order valence-electron chi connectivity index (χ4n) is 2.17. The number of amides is 1. The van der Waals surface area contributed by atoms with Crippen molar-refractivity contribution in [3.05, 3.63) is 57.4 Å². The number of nitrogens with zero attached hydrogens (tertiary/aromatic N) is 2. The Balaban J connectivity index is 1.80. The molecule has 0 radical (unpaired) electrons. The van der Waals surface area contributed by atoms with E-state index < -0.39 is 0 Å². The summed E-state index contributed by atoms with van der Waals surface area (Å²) in [7, 11) is 0. The molecule has 1 amide bonds. The van der Waals surface area contributed by atoms with Crippen molar-refractivity contribution in [2.24, 2.45) is 0 Å².